The van der Waals surface area contributed by atoms with Crippen LogP contribution < -0.4 is 32.4 Å². The molecular formula is C35H58N6O9. The molecule has 0 aliphatic carbocycles. The highest BCUT2D eigenvalue weighted by Gasteiger charge is 2.25. The highest BCUT2D eigenvalue weighted by molar-refractivity contribution is 6.04. The van der Waals surface area contributed by atoms with E-state index in [0.717, 1.165) is 0 Å². The van der Waals surface area contributed by atoms with Crippen LogP contribution in [-0.2, 0) is 28.9 Å². The number of benzene rings is 1. The van der Waals surface area contributed by atoms with E-state index in [2.05, 4.69) is 32.4 Å². The number of hydrogen-bond donors (Lipinski definition) is 6. The Balaban J connectivity index is 3.27. The van der Waals surface area contributed by atoms with Crippen LogP contribution in [0.2, 0.25) is 0 Å². The third-order valence-corrected chi connectivity index (χ3v) is 6.71. The maximum Gasteiger partial charge on any atom is 0.274 e. The van der Waals surface area contributed by atoms with Gasteiger partial charge in [-0.05, 0) is 60.6 Å². The highest BCUT2D eigenvalue weighted by atomic mass is 16.7. The fraction of sp³-hybridized carbons (Fsp3) is 0.657. The van der Waals surface area contributed by atoms with E-state index in [1.165, 1.54) is 18.2 Å². The Morgan fingerprint density at radius 2 is 0.840 bits per heavy atom. The summed E-state index contributed by atoms with van der Waals surface area (Å²) in [7, 11) is 0. The number of carbonyl (C=O) groups excluding carboxylic acids is 6. The second-order valence-corrected chi connectivity index (χ2v) is 14.3. The van der Waals surface area contributed by atoms with Gasteiger partial charge in [-0.1, -0.05) is 69.2 Å². The first-order valence-electron chi connectivity index (χ1n) is 17.2. The van der Waals surface area contributed by atoms with Gasteiger partial charge in [-0.3, -0.25) is 43.3 Å². The summed E-state index contributed by atoms with van der Waals surface area (Å²) in [6, 6.07) is 3.57. The number of hydrogen-bond acceptors (Lipinski definition) is 9. The van der Waals surface area contributed by atoms with Crippen molar-refractivity contribution < 1.29 is 43.3 Å². The minimum absolute atomic E-state index is 0.0588. The lowest BCUT2D eigenvalue weighted by Gasteiger charge is -2.20. The monoisotopic (exact) mass is 706 g/mol. The van der Waals surface area contributed by atoms with E-state index in [4.69, 9.17) is 14.5 Å². The van der Waals surface area contributed by atoms with Crippen molar-refractivity contribution >= 4 is 35.4 Å². The summed E-state index contributed by atoms with van der Waals surface area (Å²) in [6.45, 7) is 20.0. The molecule has 282 valence electrons. The average Bonchev–Trinajstić information content (AvgIpc) is 3.04. The number of amides is 6. The Labute approximate surface area is 295 Å². The molecule has 1 aromatic rings. The van der Waals surface area contributed by atoms with Gasteiger partial charge in [0.15, 0.2) is 18.8 Å². The van der Waals surface area contributed by atoms with Crippen LogP contribution in [0.3, 0.4) is 0 Å². The van der Waals surface area contributed by atoms with Crippen molar-refractivity contribution in [2.75, 3.05) is 26.2 Å². The van der Waals surface area contributed by atoms with Gasteiger partial charge in [0.25, 0.3) is 29.5 Å². The van der Waals surface area contributed by atoms with Gasteiger partial charge < -0.3 is 16.0 Å². The SMILES string of the molecule is CC(C)CNC(=O)CONC(=O)c1cc(C(=O)NO[C@H](CC(C)C)C(=O)NCC(C)C)cc(C(=O)NO[C@H](CC(C)C)C(=O)NCC(C)C)c1. The topological polar surface area (TPSA) is 202 Å². The van der Waals surface area contributed by atoms with Crippen LogP contribution in [0.1, 0.15) is 113 Å². The summed E-state index contributed by atoms with van der Waals surface area (Å²) in [6.07, 6.45) is -1.39. The minimum atomic E-state index is -1.00. The molecule has 0 saturated carbocycles. The Kier molecular flexibility index (Phi) is 19.9. The zero-order valence-corrected chi connectivity index (χ0v) is 31.2. The van der Waals surface area contributed by atoms with Gasteiger partial charge >= 0.3 is 0 Å². The van der Waals surface area contributed by atoms with Crippen molar-refractivity contribution in [1.82, 2.24) is 32.4 Å². The van der Waals surface area contributed by atoms with E-state index < -0.39 is 54.3 Å². The lowest BCUT2D eigenvalue weighted by Crippen LogP contribution is -2.43. The van der Waals surface area contributed by atoms with Crippen molar-refractivity contribution in [1.29, 1.82) is 0 Å². The first kappa shape index (κ1) is 43.9. The van der Waals surface area contributed by atoms with Crippen molar-refractivity contribution in [2.45, 2.75) is 94.3 Å². The van der Waals surface area contributed by atoms with Gasteiger partial charge in [-0.2, -0.15) is 0 Å². The summed E-state index contributed by atoms with van der Waals surface area (Å²) in [5.74, 6) is -3.08. The van der Waals surface area contributed by atoms with E-state index in [-0.39, 0.29) is 46.3 Å². The van der Waals surface area contributed by atoms with Crippen LogP contribution in [0, 0.1) is 29.6 Å². The van der Waals surface area contributed by atoms with Crippen molar-refractivity contribution in [3.05, 3.63) is 34.9 Å². The molecule has 0 radical (unpaired) electrons. The molecule has 15 heteroatoms. The van der Waals surface area contributed by atoms with Gasteiger partial charge in [-0.25, -0.2) is 16.4 Å². The predicted molar refractivity (Wildman–Crippen MR) is 187 cm³/mol. The second kappa shape index (κ2) is 22.6. The van der Waals surface area contributed by atoms with E-state index in [1.54, 1.807) is 0 Å². The molecule has 0 aromatic heterocycles. The average molecular weight is 707 g/mol. The fourth-order valence-electron chi connectivity index (χ4n) is 4.09. The Hall–Kier alpha value is -4.08. The highest BCUT2D eigenvalue weighted by Crippen LogP contribution is 2.14. The third-order valence-electron chi connectivity index (χ3n) is 6.71. The zero-order valence-electron chi connectivity index (χ0n) is 31.2. The van der Waals surface area contributed by atoms with Gasteiger partial charge in [0, 0.05) is 36.3 Å². The normalized spacial score (nSPS) is 12.5. The van der Waals surface area contributed by atoms with Crippen LogP contribution in [0.4, 0.5) is 0 Å². The number of rotatable bonds is 22. The van der Waals surface area contributed by atoms with Crippen molar-refractivity contribution in [3.8, 4) is 0 Å². The summed E-state index contributed by atoms with van der Waals surface area (Å²) in [5, 5.41) is 8.23. The largest absolute Gasteiger partial charge is 0.354 e. The van der Waals surface area contributed by atoms with Crippen LogP contribution in [0.25, 0.3) is 0 Å². The molecule has 50 heavy (non-hydrogen) atoms. The number of nitrogens with one attached hydrogen (secondary N) is 6. The van der Waals surface area contributed by atoms with Crippen LogP contribution in [0.5, 0.6) is 0 Å². The summed E-state index contributed by atoms with van der Waals surface area (Å²) < 4.78 is 0. The van der Waals surface area contributed by atoms with Gasteiger partial charge in [0.05, 0.1) is 0 Å². The zero-order chi connectivity index (χ0) is 38.0. The Bertz CT molecular complexity index is 1210. The molecule has 0 aliphatic heterocycles. The first-order valence-corrected chi connectivity index (χ1v) is 17.2. The molecule has 0 fully saturated rings. The van der Waals surface area contributed by atoms with Crippen LogP contribution >= 0.6 is 0 Å². The van der Waals surface area contributed by atoms with Crippen LogP contribution in [-0.4, -0.2) is 73.9 Å². The van der Waals surface area contributed by atoms with Crippen molar-refractivity contribution in [3.63, 3.8) is 0 Å². The standard InChI is InChI=1S/C35H58N6O9/c1-20(2)11-28(34(46)37-17-23(7)8)49-40-32(44)26-13-25(31(43)39-48-19-30(42)36-16-22(5)6)14-27(15-26)33(45)41-50-29(12-21(3)4)35(47)38-18-24(9)10/h13-15,20-24,28-29H,11-12,16-19H2,1-10H3,(H,36,42)(H,37,46)(H,38,47)(H,39,43)(H,40,44)(H,41,45)/t28-,29-/m1/s1. The third kappa shape index (κ3) is 18.1. The molecule has 6 amide bonds. The molecule has 1 rings (SSSR count). The predicted octanol–water partition coefficient (Wildman–Crippen LogP) is 2.82. The molecule has 1 aromatic carbocycles. The summed E-state index contributed by atoms with van der Waals surface area (Å²) >= 11 is 0. The van der Waals surface area contributed by atoms with Gasteiger partial charge in [0.1, 0.15) is 0 Å². The minimum Gasteiger partial charge on any atom is -0.354 e. The molecule has 0 unspecified atom stereocenters. The molecule has 0 heterocycles. The van der Waals surface area contributed by atoms with Crippen molar-refractivity contribution in [2.24, 2.45) is 29.6 Å². The lowest BCUT2D eigenvalue weighted by molar-refractivity contribution is -0.138. The molecule has 6 N–H and O–H groups in total. The lowest BCUT2D eigenvalue weighted by atomic mass is 10.0. The maximum absolute atomic E-state index is 13.3. The van der Waals surface area contributed by atoms with E-state index in [9.17, 15) is 28.8 Å². The number of carbonyl (C=O) groups is 6. The fourth-order valence-corrected chi connectivity index (χ4v) is 4.09. The molecular weight excluding hydrogens is 648 g/mol. The summed E-state index contributed by atoms with van der Waals surface area (Å²) in [5.41, 5.74) is 6.15. The smallest absolute Gasteiger partial charge is 0.274 e. The quantitative estimate of drug-likeness (QED) is 0.0981. The first-order chi connectivity index (χ1) is 23.4. The van der Waals surface area contributed by atoms with E-state index >= 15 is 0 Å². The Morgan fingerprint density at radius 1 is 0.500 bits per heavy atom. The molecule has 0 spiro atoms. The molecule has 15 nitrogen and oxygen atoms in total. The van der Waals surface area contributed by atoms with Gasteiger partial charge in [0.2, 0.25) is 5.91 Å². The molecule has 0 bridgehead atoms. The van der Waals surface area contributed by atoms with E-state index in [0.29, 0.717) is 32.5 Å². The second-order valence-electron chi connectivity index (χ2n) is 14.3. The maximum atomic E-state index is 13.3. The number of hydroxylamine groups is 3. The van der Waals surface area contributed by atoms with Gasteiger partial charge in [-0.15, -0.1) is 0 Å². The molecule has 2 atom stereocenters. The Morgan fingerprint density at radius 3 is 1.18 bits per heavy atom. The van der Waals surface area contributed by atoms with Crippen LogP contribution in [0.15, 0.2) is 18.2 Å². The molecule has 0 aliphatic rings. The summed E-state index contributed by atoms with van der Waals surface area (Å²) in [4.78, 5) is 93.3. The van der Waals surface area contributed by atoms with E-state index in [1.807, 2.05) is 69.2 Å². The molecule has 0 saturated heterocycles.